The van der Waals surface area contributed by atoms with Crippen molar-refractivity contribution in [1.82, 2.24) is 14.3 Å². The summed E-state index contributed by atoms with van der Waals surface area (Å²) in [6.45, 7) is 5.71. The molecular formula is C18H21FN4O2S. The van der Waals surface area contributed by atoms with Gasteiger partial charge in [0.15, 0.2) is 0 Å². The van der Waals surface area contributed by atoms with Gasteiger partial charge in [-0.25, -0.2) is 18.7 Å². The first-order chi connectivity index (χ1) is 12.5. The van der Waals surface area contributed by atoms with Gasteiger partial charge in [-0.05, 0) is 25.5 Å². The summed E-state index contributed by atoms with van der Waals surface area (Å²) in [5, 5.41) is 2.61. The molecule has 0 atom stereocenters. The Bertz CT molecular complexity index is 766. The molecule has 3 rings (SSSR count). The van der Waals surface area contributed by atoms with E-state index in [0.29, 0.717) is 11.4 Å². The number of nitrogens with zero attached hydrogens (tertiary/aromatic N) is 3. The number of halogens is 1. The number of rotatable bonds is 7. The predicted octanol–water partition coefficient (Wildman–Crippen LogP) is 3.30. The molecule has 0 bridgehead atoms. The Balaban J connectivity index is 1.60. The lowest BCUT2D eigenvalue weighted by atomic mass is 10.2. The number of hydrogen-bond donors (Lipinski definition) is 1. The average Bonchev–Trinajstić information content (AvgIpc) is 2.58. The normalized spacial score (nSPS) is 14.7. The van der Waals surface area contributed by atoms with Crippen molar-refractivity contribution in [2.24, 2.45) is 0 Å². The minimum absolute atomic E-state index is 0.121. The summed E-state index contributed by atoms with van der Waals surface area (Å²) in [5.74, 6) is 1.14. The topological polar surface area (TPSA) is 67.3 Å². The summed E-state index contributed by atoms with van der Waals surface area (Å²) >= 11 is 1.83. The first-order valence-electron chi connectivity index (χ1n) is 8.49. The number of anilines is 1. The Labute approximate surface area is 156 Å². The van der Waals surface area contributed by atoms with Crippen molar-refractivity contribution in [3.05, 3.63) is 47.7 Å². The van der Waals surface area contributed by atoms with Gasteiger partial charge in [0.25, 0.3) is 5.91 Å². The van der Waals surface area contributed by atoms with E-state index in [1.54, 1.807) is 6.07 Å². The van der Waals surface area contributed by atoms with Crippen molar-refractivity contribution < 1.29 is 13.9 Å². The van der Waals surface area contributed by atoms with E-state index in [0.717, 1.165) is 31.5 Å². The highest BCUT2D eigenvalue weighted by molar-refractivity contribution is 7.97. The summed E-state index contributed by atoms with van der Waals surface area (Å²) in [4.78, 5) is 20.4. The van der Waals surface area contributed by atoms with Gasteiger partial charge in [-0.2, -0.15) is 0 Å². The minimum atomic E-state index is -0.459. The van der Waals surface area contributed by atoms with E-state index >= 15 is 0 Å². The van der Waals surface area contributed by atoms with Gasteiger partial charge in [0.05, 0.1) is 6.20 Å². The van der Waals surface area contributed by atoms with Crippen LogP contribution in [0.25, 0.3) is 0 Å². The monoisotopic (exact) mass is 376 g/mol. The van der Waals surface area contributed by atoms with Gasteiger partial charge < -0.3 is 10.1 Å². The molecule has 138 valence electrons. The highest BCUT2D eigenvalue weighted by atomic mass is 32.2. The van der Waals surface area contributed by atoms with Crippen LogP contribution in [-0.2, 0) is 0 Å². The van der Waals surface area contributed by atoms with Crippen molar-refractivity contribution >= 4 is 23.7 Å². The van der Waals surface area contributed by atoms with E-state index in [1.165, 1.54) is 12.1 Å². The summed E-state index contributed by atoms with van der Waals surface area (Å²) in [5.41, 5.74) is 0.930. The fourth-order valence-corrected chi connectivity index (χ4v) is 3.43. The van der Waals surface area contributed by atoms with Crippen LogP contribution in [0, 0.1) is 12.7 Å². The number of amides is 1. The van der Waals surface area contributed by atoms with Crippen molar-refractivity contribution in [2.45, 2.75) is 26.4 Å². The standard InChI is InChI=1S/C18H21FN4O2S/c1-3-6-26-23-10-15(11-23)25-14-7-12(2)21-16(8-14)18(24)22-17-5-4-13(19)9-20-17/h4-5,7-9,15H,3,6,10-11H2,1-2H3,(H,20,22,24). The third-order valence-electron chi connectivity index (χ3n) is 3.72. The van der Waals surface area contributed by atoms with Crippen molar-refractivity contribution in [1.29, 1.82) is 0 Å². The van der Waals surface area contributed by atoms with E-state index in [2.05, 4.69) is 26.5 Å². The lowest BCUT2D eigenvalue weighted by Gasteiger charge is -2.37. The molecule has 1 amide bonds. The van der Waals surface area contributed by atoms with E-state index in [9.17, 15) is 9.18 Å². The third kappa shape index (κ3) is 4.92. The predicted molar refractivity (Wildman–Crippen MR) is 99.9 cm³/mol. The molecular weight excluding hydrogens is 355 g/mol. The second kappa shape index (κ2) is 8.46. The maximum Gasteiger partial charge on any atom is 0.275 e. The third-order valence-corrected chi connectivity index (χ3v) is 4.98. The van der Waals surface area contributed by atoms with Crippen LogP contribution in [0.1, 0.15) is 29.5 Å². The first-order valence-corrected chi connectivity index (χ1v) is 9.44. The van der Waals surface area contributed by atoms with E-state index in [1.807, 2.05) is 24.9 Å². The molecule has 26 heavy (non-hydrogen) atoms. The fourth-order valence-electron chi connectivity index (χ4n) is 2.44. The zero-order chi connectivity index (χ0) is 18.5. The molecule has 1 aliphatic heterocycles. The summed E-state index contributed by atoms with van der Waals surface area (Å²) in [7, 11) is 0. The van der Waals surface area contributed by atoms with Gasteiger partial charge in [-0.3, -0.25) is 4.79 Å². The second-order valence-corrected chi connectivity index (χ2v) is 7.25. The number of aryl methyl sites for hydroxylation is 1. The molecule has 3 heterocycles. The molecule has 1 saturated heterocycles. The summed E-state index contributed by atoms with van der Waals surface area (Å²) < 4.78 is 21.1. The van der Waals surface area contributed by atoms with Crippen LogP contribution in [0.4, 0.5) is 10.2 Å². The molecule has 6 nitrogen and oxygen atoms in total. The number of ether oxygens (including phenoxy) is 1. The van der Waals surface area contributed by atoms with Crippen molar-refractivity contribution in [2.75, 3.05) is 24.2 Å². The molecule has 8 heteroatoms. The Morgan fingerprint density at radius 1 is 1.42 bits per heavy atom. The number of pyridine rings is 2. The maximum absolute atomic E-state index is 12.9. The lowest BCUT2D eigenvalue weighted by Crippen LogP contribution is -2.50. The number of carbonyl (C=O) groups excluding carboxylic acids is 1. The van der Waals surface area contributed by atoms with E-state index < -0.39 is 11.7 Å². The maximum atomic E-state index is 12.9. The molecule has 0 aliphatic carbocycles. The van der Waals surface area contributed by atoms with Gasteiger partial charge in [0.1, 0.15) is 29.2 Å². The molecule has 0 unspecified atom stereocenters. The van der Waals surface area contributed by atoms with E-state index in [-0.39, 0.29) is 17.6 Å². The van der Waals surface area contributed by atoms with E-state index in [4.69, 9.17) is 4.74 Å². The van der Waals surface area contributed by atoms with Crippen LogP contribution in [0.15, 0.2) is 30.5 Å². The van der Waals surface area contributed by atoms with Gasteiger partial charge in [-0.1, -0.05) is 18.9 Å². The van der Waals surface area contributed by atoms with Gasteiger partial charge in [-0.15, -0.1) is 0 Å². The molecule has 1 N–H and O–H groups in total. The molecule has 0 radical (unpaired) electrons. The number of aromatic nitrogens is 2. The smallest absolute Gasteiger partial charge is 0.275 e. The highest BCUT2D eigenvalue weighted by Gasteiger charge is 2.29. The zero-order valence-electron chi connectivity index (χ0n) is 14.7. The molecule has 1 aliphatic rings. The molecule has 2 aromatic heterocycles. The Morgan fingerprint density at radius 3 is 2.92 bits per heavy atom. The minimum Gasteiger partial charge on any atom is -0.488 e. The van der Waals surface area contributed by atoms with Gasteiger partial charge >= 0.3 is 0 Å². The summed E-state index contributed by atoms with van der Waals surface area (Å²) in [6.07, 6.45) is 2.32. The van der Waals surface area contributed by atoms with Crippen molar-refractivity contribution in [3.63, 3.8) is 0 Å². The molecule has 2 aromatic rings. The second-order valence-electron chi connectivity index (χ2n) is 6.07. The van der Waals surface area contributed by atoms with Crippen LogP contribution in [0.5, 0.6) is 5.75 Å². The summed E-state index contributed by atoms with van der Waals surface area (Å²) in [6, 6.07) is 6.07. The largest absolute Gasteiger partial charge is 0.488 e. The van der Waals surface area contributed by atoms with Gasteiger partial charge in [0.2, 0.25) is 0 Å². The van der Waals surface area contributed by atoms with Crippen LogP contribution < -0.4 is 10.1 Å². The molecule has 0 aromatic carbocycles. The van der Waals surface area contributed by atoms with Crippen molar-refractivity contribution in [3.8, 4) is 5.75 Å². The Morgan fingerprint density at radius 2 is 2.23 bits per heavy atom. The quantitative estimate of drug-likeness (QED) is 0.748. The molecule has 1 fully saturated rings. The van der Waals surface area contributed by atoms with Crippen LogP contribution in [-0.4, -0.2) is 45.1 Å². The number of nitrogens with one attached hydrogen (secondary N) is 1. The van der Waals surface area contributed by atoms with Gasteiger partial charge in [0, 0.05) is 36.7 Å². The average molecular weight is 376 g/mol. The lowest BCUT2D eigenvalue weighted by molar-refractivity contribution is 0.0832. The van der Waals surface area contributed by atoms with Crippen LogP contribution in [0.2, 0.25) is 0 Å². The SMILES string of the molecule is CCCSN1CC(Oc2cc(C)nc(C(=O)Nc3ccc(F)cn3)c2)C1. The highest BCUT2D eigenvalue weighted by Crippen LogP contribution is 2.25. The Hall–Kier alpha value is -2.19. The number of hydrogen-bond acceptors (Lipinski definition) is 6. The fraction of sp³-hybridized carbons (Fsp3) is 0.389. The Kier molecular flexibility index (Phi) is 6.05. The number of carbonyl (C=O) groups is 1. The molecule has 0 saturated carbocycles. The van der Waals surface area contributed by atoms with Crippen LogP contribution >= 0.6 is 11.9 Å². The zero-order valence-corrected chi connectivity index (χ0v) is 15.6. The molecule has 0 spiro atoms. The van der Waals surface area contributed by atoms with Crippen LogP contribution in [0.3, 0.4) is 0 Å². The first kappa shape index (κ1) is 18.6.